The predicted molar refractivity (Wildman–Crippen MR) is 87.2 cm³/mol. The van der Waals surface area contributed by atoms with Crippen LogP contribution in [-0.4, -0.2) is 60.6 Å². The van der Waals surface area contributed by atoms with Crippen molar-refractivity contribution in [2.45, 2.75) is 65.0 Å². The first-order valence-electron chi connectivity index (χ1n) is 8.69. The number of piperidine rings is 1. The van der Waals surface area contributed by atoms with Crippen molar-refractivity contribution in [3.8, 4) is 0 Å². The van der Waals surface area contributed by atoms with Crippen LogP contribution in [0.25, 0.3) is 0 Å². The average Bonchev–Trinajstić information content (AvgIpc) is 2.86. The summed E-state index contributed by atoms with van der Waals surface area (Å²) in [5.41, 5.74) is 0.263. The topological polar surface area (TPSA) is 18.5 Å². The normalized spacial score (nSPS) is 27.3. The van der Waals surface area contributed by atoms with E-state index in [1.165, 1.54) is 65.0 Å². The molecule has 3 nitrogen and oxygen atoms in total. The Bertz CT molecular complexity index is 276. The molecule has 0 aromatic rings. The van der Waals surface area contributed by atoms with Gasteiger partial charge in [-0.1, -0.05) is 6.92 Å². The minimum atomic E-state index is 0.263. The van der Waals surface area contributed by atoms with Gasteiger partial charge in [0.2, 0.25) is 0 Å². The molecule has 1 N–H and O–H groups in total. The maximum absolute atomic E-state index is 3.68. The van der Waals surface area contributed by atoms with E-state index in [0.717, 1.165) is 12.0 Å². The Morgan fingerprint density at radius 3 is 2.35 bits per heavy atom. The van der Waals surface area contributed by atoms with Gasteiger partial charge >= 0.3 is 0 Å². The Morgan fingerprint density at radius 1 is 1.05 bits per heavy atom. The quantitative estimate of drug-likeness (QED) is 0.835. The molecule has 0 aliphatic carbocycles. The van der Waals surface area contributed by atoms with Gasteiger partial charge in [0.15, 0.2) is 0 Å². The van der Waals surface area contributed by atoms with E-state index in [4.69, 9.17) is 0 Å². The van der Waals surface area contributed by atoms with Crippen molar-refractivity contribution in [2.75, 3.05) is 39.3 Å². The molecule has 2 aliphatic heterocycles. The van der Waals surface area contributed by atoms with Gasteiger partial charge in [-0.05, 0) is 85.1 Å². The zero-order valence-corrected chi connectivity index (χ0v) is 14.1. The number of likely N-dealkylation sites (tertiary alicyclic amines) is 2. The zero-order chi connectivity index (χ0) is 14.6. The summed E-state index contributed by atoms with van der Waals surface area (Å²) in [6.45, 7) is 16.9. The highest BCUT2D eigenvalue weighted by atomic mass is 15.2. The Balaban J connectivity index is 1.68. The van der Waals surface area contributed by atoms with Crippen molar-refractivity contribution in [1.82, 2.24) is 15.1 Å². The van der Waals surface area contributed by atoms with Gasteiger partial charge in [0.05, 0.1) is 0 Å². The summed E-state index contributed by atoms with van der Waals surface area (Å²) >= 11 is 0. The predicted octanol–water partition coefficient (Wildman–Crippen LogP) is 2.57. The van der Waals surface area contributed by atoms with Crippen LogP contribution < -0.4 is 5.32 Å². The zero-order valence-electron chi connectivity index (χ0n) is 14.1. The molecular formula is C17H35N3. The van der Waals surface area contributed by atoms with E-state index in [1.54, 1.807) is 0 Å². The van der Waals surface area contributed by atoms with Crippen molar-refractivity contribution in [3.63, 3.8) is 0 Å². The van der Waals surface area contributed by atoms with Crippen LogP contribution in [0.2, 0.25) is 0 Å². The van der Waals surface area contributed by atoms with E-state index in [2.05, 4.69) is 42.8 Å². The third-order valence-electron chi connectivity index (χ3n) is 4.85. The van der Waals surface area contributed by atoms with Gasteiger partial charge in [-0.25, -0.2) is 0 Å². The smallest absolute Gasteiger partial charge is 0.0120 e. The molecule has 118 valence electrons. The first-order valence-corrected chi connectivity index (χ1v) is 8.69. The van der Waals surface area contributed by atoms with Crippen LogP contribution in [0.5, 0.6) is 0 Å². The standard InChI is InChI=1S/C17H35N3/c1-5-9-19-10-7-16(8-11-19)20-12-6-15(14-20)13-18-17(2,3)4/h15-16,18H,5-14H2,1-4H3. The van der Waals surface area contributed by atoms with E-state index >= 15 is 0 Å². The van der Waals surface area contributed by atoms with Crippen molar-refractivity contribution in [2.24, 2.45) is 5.92 Å². The highest BCUT2D eigenvalue weighted by molar-refractivity contribution is 4.87. The number of hydrogen-bond acceptors (Lipinski definition) is 3. The molecule has 0 aromatic heterocycles. The van der Waals surface area contributed by atoms with Crippen LogP contribution in [0.4, 0.5) is 0 Å². The van der Waals surface area contributed by atoms with Crippen LogP contribution in [0, 0.1) is 5.92 Å². The lowest BCUT2D eigenvalue weighted by molar-refractivity contribution is 0.123. The van der Waals surface area contributed by atoms with Crippen LogP contribution >= 0.6 is 0 Å². The van der Waals surface area contributed by atoms with Gasteiger partial charge in [0.1, 0.15) is 0 Å². The lowest BCUT2D eigenvalue weighted by Crippen LogP contribution is -2.45. The minimum Gasteiger partial charge on any atom is -0.312 e. The molecule has 2 fully saturated rings. The van der Waals surface area contributed by atoms with Crippen molar-refractivity contribution >= 4 is 0 Å². The van der Waals surface area contributed by atoms with E-state index in [9.17, 15) is 0 Å². The summed E-state index contributed by atoms with van der Waals surface area (Å²) in [7, 11) is 0. The van der Waals surface area contributed by atoms with Gasteiger partial charge in [-0.15, -0.1) is 0 Å². The molecule has 1 unspecified atom stereocenters. The van der Waals surface area contributed by atoms with Gasteiger partial charge in [-0.2, -0.15) is 0 Å². The molecule has 0 spiro atoms. The largest absolute Gasteiger partial charge is 0.312 e. The molecule has 2 aliphatic rings. The van der Waals surface area contributed by atoms with Gasteiger partial charge < -0.3 is 10.2 Å². The SMILES string of the molecule is CCCN1CCC(N2CCC(CNC(C)(C)C)C2)CC1. The number of nitrogens with zero attached hydrogens (tertiary/aromatic N) is 2. The molecule has 2 saturated heterocycles. The second kappa shape index (κ2) is 7.24. The molecule has 0 saturated carbocycles. The summed E-state index contributed by atoms with van der Waals surface area (Å²) < 4.78 is 0. The van der Waals surface area contributed by atoms with E-state index in [1.807, 2.05) is 0 Å². The van der Waals surface area contributed by atoms with Crippen LogP contribution in [0.15, 0.2) is 0 Å². The Morgan fingerprint density at radius 2 is 1.75 bits per heavy atom. The van der Waals surface area contributed by atoms with Crippen molar-refractivity contribution in [1.29, 1.82) is 0 Å². The molecule has 0 amide bonds. The summed E-state index contributed by atoms with van der Waals surface area (Å²) in [6.07, 6.45) is 5.46. The minimum absolute atomic E-state index is 0.263. The fraction of sp³-hybridized carbons (Fsp3) is 1.00. The fourth-order valence-corrected chi connectivity index (χ4v) is 3.64. The van der Waals surface area contributed by atoms with Gasteiger partial charge in [0, 0.05) is 18.1 Å². The first-order chi connectivity index (χ1) is 9.48. The van der Waals surface area contributed by atoms with Crippen LogP contribution in [-0.2, 0) is 0 Å². The molecule has 2 rings (SSSR count). The summed E-state index contributed by atoms with van der Waals surface area (Å²) in [4.78, 5) is 5.42. The number of hydrogen-bond donors (Lipinski definition) is 1. The van der Waals surface area contributed by atoms with Crippen LogP contribution in [0.1, 0.15) is 53.4 Å². The highest BCUT2D eigenvalue weighted by Gasteiger charge is 2.30. The second-order valence-corrected chi connectivity index (χ2v) is 7.85. The molecular weight excluding hydrogens is 246 g/mol. The summed E-state index contributed by atoms with van der Waals surface area (Å²) in [6, 6.07) is 0.864. The highest BCUT2D eigenvalue weighted by Crippen LogP contribution is 2.24. The molecule has 20 heavy (non-hydrogen) atoms. The average molecular weight is 281 g/mol. The van der Waals surface area contributed by atoms with E-state index < -0.39 is 0 Å². The maximum Gasteiger partial charge on any atom is 0.0120 e. The maximum atomic E-state index is 3.68. The van der Waals surface area contributed by atoms with Gasteiger partial charge in [-0.3, -0.25) is 4.90 Å². The molecule has 1 atom stereocenters. The third kappa shape index (κ3) is 5.01. The summed E-state index contributed by atoms with van der Waals surface area (Å²) in [5.74, 6) is 0.864. The molecule has 0 aromatic carbocycles. The lowest BCUT2D eigenvalue weighted by atomic mass is 10.0. The Hall–Kier alpha value is -0.120. The first kappa shape index (κ1) is 16.3. The molecule has 0 radical (unpaired) electrons. The van der Waals surface area contributed by atoms with Crippen molar-refractivity contribution < 1.29 is 0 Å². The summed E-state index contributed by atoms with van der Waals surface area (Å²) in [5, 5.41) is 3.68. The van der Waals surface area contributed by atoms with Crippen molar-refractivity contribution in [3.05, 3.63) is 0 Å². The van der Waals surface area contributed by atoms with E-state index in [0.29, 0.717) is 0 Å². The molecule has 3 heteroatoms. The number of rotatable bonds is 5. The Labute approximate surface area is 126 Å². The number of nitrogens with one attached hydrogen (secondary N) is 1. The fourth-order valence-electron chi connectivity index (χ4n) is 3.64. The van der Waals surface area contributed by atoms with E-state index in [-0.39, 0.29) is 5.54 Å². The molecule has 2 heterocycles. The monoisotopic (exact) mass is 281 g/mol. The van der Waals surface area contributed by atoms with Crippen LogP contribution in [0.3, 0.4) is 0 Å². The molecule has 0 bridgehead atoms. The van der Waals surface area contributed by atoms with Gasteiger partial charge in [0.25, 0.3) is 0 Å². The lowest BCUT2D eigenvalue weighted by Gasteiger charge is -2.36. The second-order valence-electron chi connectivity index (χ2n) is 7.85. The Kier molecular flexibility index (Phi) is 5.88. The third-order valence-corrected chi connectivity index (χ3v) is 4.85.